The van der Waals surface area contributed by atoms with E-state index in [0.717, 1.165) is 42.7 Å². The van der Waals surface area contributed by atoms with Gasteiger partial charge in [-0.15, -0.1) is 13.2 Å². The lowest BCUT2D eigenvalue weighted by atomic mass is 9.96. The maximum absolute atomic E-state index is 14.2. The molecule has 1 atom stereocenters. The van der Waals surface area contributed by atoms with E-state index in [2.05, 4.69) is 46.7 Å². The van der Waals surface area contributed by atoms with E-state index in [4.69, 9.17) is 4.98 Å². The average molecular weight is 593 g/mol. The number of hydrogen-bond acceptors (Lipinski definition) is 4. The van der Waals surface area contributed by atoms with Crippen LogP contribution in [0.1, 0.15) is 72.9 Å². The number of benzene rings is 3. The molecule has 1 fully saturated rings. The fourth-order valence-corrected chi connectivity index (χ4v) is 5.72. The third kappa shape index (κ3) is 8.16. The van der Waals surface area contributed by atoms with E-state index in [1.54, 1.807) is 0 Å². The van der Waals surface area contributed by atoms with Crippen LogP contribution in [0.4, 0.5) is 13.2 Å². The summed E-state index contributed by atoms with van der Waals surface area (Å²) < 4.78 is 42.3. The van der Waals surface area contributed by atoms with Crippen LogP contribution in [0.15, 0.2) is 72.8 Å². The quantitative estimate of drug-likeness (QED) is 0.192. The number of nitrogens with one attached hydrogen (secondary N) is 1. The fourth-order valence-electron chi connectivity index (χ4n) is 5.72. The van der Waals surface area contributed by atoms with Gasteiger partial charge in [-0.2, -0.15) is 0 Å². The van der Waals surface area contributed by atoms with Gasteiger partial charge in [0.25, 0.3) is 5.91 Å². The number of carbonyl (C=O) groups is 1. The van der Waals surface area contributed by atoms with Crippen molar-refractivity contribution in [2.75, 3.05) is 19.6 Å². The van der Waals surface area contributed by atoms with E-state index in [1.807, 2.05) is 35.2 Å². The number of nitrogens with zero attached hydrogens (tertiary/aromatic N) is 3. The Morgan fingerprint density at radius 3 is 2.30 bits per heavy atom. The summed E-state index contributed by atoms with van der Waals surface area (Å²) in [5, 5.41) is 0. The molecule has 0 aliphatic carbocycles. The highest BCUT2D eigenvalue weighted by Gasteiger charge is 2.32. The molecule has 1 saturated heterocycles. The molecule has 6 nitrogen and oxygen atoms in total. The smallest absolute Gasteiger partial charge is 0.406 e. The first-order chi connectivity index (χ1) is 20.7. The van der Waals surface area contributed by atoms with E-state index >= 15 is 0 Å². The second-order valence-corrected chi connectivity index (χ2v) is 11.7. The van der Waals surface area contributed by atoms with E-state index in [9.17, 15) is 18.0 Å². The topological polar surface area (TPSA) is 61.5 Å². The SMILES string of the molecule is CC(C)CCN(C(=O)c1ccc(OC(F)(F)F)cc1)C(Cc1ccccc1CN1CCCCC1)c1nc2ccccc2[nH]1. The highest BCUT2D eigenvalue weighted by molar-refractivity contribution is 5.94. The van der Waals surface area contributed by atoms with Crippen molar-refractivity contribution in [3.05, 3.63) is 95.3 Å². The summed E-state index contributed by atoms with van der Waals surface area (Å²) >= 11 is 0. The van der Waals surface area contributed by atoms with Crippen molar-refractivity contribution < 1.29 is 22.7 Å². The molecule has 0 saturated carbocycles. The Labute approximate surface area is 250 Å². The molecule has 5 rings (SSSR count). The van der Waals surface area contributed by atoms with Gasteiger partial charge in [0.05, 0.1) is 17.1 Å². The minimum Gasteiger partial charge on any atom is -0.406 e. The van der Waals surface area contributed by atoms with Crippen LogP contribution in [-0.2, 0) is 13.0 Å². The Bertz CT molecular complexity index is 1460. The maximum Gasteiger partial charge on any atom is 0.573 e. The van der Waals surface area contributed by atoms with Gasteiger partial charge in [-0.3, -0.25) is 9.69 Å². The number of carbonyl (C=O) groups excluding carboxylic acids is 1. The van der Waals surface area contributed by atoms with Gasteiger partial charge in [0.2, 0.25) is 0 Å². The van der Waals surface area contributed by atoms with Crippen molar-refractivity contribution >= 4 is 16.9 Å². The zero-order valence-corrected chi connectivity index (χ0v) is 24.7. The van der Waals surface area contributed by atoms with Crippen molar-refractivity contribution in [1.29, 1.82) is 0 Å². The van der Waals surface area contributed by atoms with Gasteiger partial charge in [-0.25, -0.2) is 4.98 Å². The third-order valence-electron chi connectivity index (χ3n) is 8.02. The van der Waals surface area contributed by atoms with Crippen LogP contribution in [0.5, 0.6) is 5.75 Å². The van der Waals surface area contributed by atoms with Crippen LogP contribution in [-0.4, -0.2) is 51.7 Å². The number of likely N-dealkylation sites (tertiary alicyclic amines) is 1. The molecule has 1 aliphatic heterocycles. The second kappa shape index (κ2) is 13.6. The maximum atomic E-state index is 14.2. The number of hydrogen-bond donors (Lipinski definition) is 1. The number of aromatic amines is 1. The van der Waals surface area contributed by atoms with Crippen molar-refractivity contribution in [2.45, 2.75) is 64.9 Å². The molecule has 1 aromatic heterocycles. The fraction of sp³-hybridized carbons (Fsp3) is 0.412. The van der Waals surface area contributed by atoms with Crippen molar-refractivity contribution in [3.63, 3.8) is 0 Å². The van der Waals surface area contributed by atoms with Crippen LogP contribution < -0.4 is 4.74 Å². The van der Waals surface area contributed by atoms with Gasteiger partial charge in [0.15, 0.2) is 0 Å². The summed E-state index contributed by atoms with van der Waals surface area (Å²) in [5.74, 6) is 0.389. The summed E-state index contributed by atoms with van der Waals surface area (Å²) in [4.78, 5) is 26.9. The molecule has 43 heavy (non-hydrogen) atoms. The van der Waals surface area contributed by atoms with E-state index in [0.29, 0.717) is 30.3 Å². The normalized spacial score (nSPS) is 15.1. The number of H-pyrrole nitrogens is 1. The molecular formula is C34H39F3N4O2. The summed E-state index contributed by atoms with van der Waals surface area (Å²) in [6.45, 7) is 7.69. The molecule has 0 radical (unpaired) electrons. The first-order valence-corrected chi connectivity index (χ1v) is 15.1. The van der Waals surface area contributed by atoms with E-state index in [1.165, 1.54) is 49.1 Å². The molecule has 228 valence electrons. The standard InChI is InChI=1S/C34H39F3N4O2/c1-24(2)18-21-41(33(42)25-14-16-28(17-15-25)43-34(35,36)37)31(32-38-29-12-6-7-13-30(29)39-32)22-26-10-4-5-11-27(26)23-40-19-8-3-9-20-40/h4-7,10-17,24,31H,3,8-9,18-23H2,1-2H3,(H,38,39). The first-order valence-electron chi connectivity index (χ1n) is 15.1. The first kappa shape index (κ1) is 30.6. The molecule has 1 amide bonds. The second-order valence-electron chi connectivity index (χ2n) is 11.7. The minimum atomic E-state index is -4.80. The number of ether oxygens (including phenoxy) is 1. The van der Waals surface area contributed by atoms with Gasteiger partial charge >= 0.3 is 6.36 Å². The number of para-hydroxylation sites is 2. The highest BCUT2D eigenvalue weighted by Crippen LogP contribution is 2.31. The third-order valence-corrected chi connectivity index (χ3v) is 8.02. The molecule has 9 heteroatoms. The van der Waals surface area contributed by atoms with Gasteiger partial charge < -0.3 is 14.6 Å². The monoisotopic (exact) mass is 592 g/mol. The number of fused-ring (bicyclic) bond motifs is 1. The molecule has 1 N–H and O–H groups in total. The largest absolute Gasteiger partial charge is 0.573 e. The van der Waals surface area contributed by atoms with Gasteiger partial charge in [-0.05, 0) is 85.8 Å². The Balaban J connectivity index is 1.52. The molecular weight excluding hydrogens is 553 g/mol. The Morgan fingerprint density at radius 1 is 0.953 bits per heavy atom. The molecule has 0 spiro atoms. The summed E-state index contributed by atoms with van der Waals surface area (Å²) in [7, 11) is 0. The Morgan fingerprint density at radius 2 is 1.63 bits per heavy atom. The zero-order chi connectivity index (χ0) is 30.4. The lowest BCUT2D eigenvalue weighted by Crippen LogP contribution is -2.38. The van der Waals surface area contributed by atoms with Crippen LogP contribution in [0, 0.1) is 5.92 Å². The number of piperidine rings is 1. The number of rotatable bonds is 11. The zero-order valence-electron chi connectivity index (χ0n) is 24.7. The predicted octanol–water partition coefficient (Wildman–Crippen LogP) is 7.92. The average Bonchev–Trinajstić information content (AvgIpc) is 3.41. The van der Waals surface area contributed by atoms with Gasteiger partial charge in [0.1, 0.15) is 11.6 Å². The molecule has 3 aromatic carbocycles. The van der Waals surface area contributed by atoms with Gasteiger partial charge in [-0.1, -0.05) is 56.7 Å². The van der Waals surface area contributed by atoms with Crippen molar-refractivity contribution in [3.8, 4) is 5.75 Å². The lowest BCUT2D eigenvalue weighted by molar-refractivity contribution is -0.274. The summed E-state index contributed by atoms with van der Waals surface area (Å²) in [6.07, 6.45) is 0.170. The number of halogens is 3. The number of alkyl halides is 3. The molecule has 2 heterocycles. The minimum absolute atomic E-state index is 0.266. The lowest BCUT2D eigenvalue weighted by Gasteiger charge is -2.33. The van der Waals surface area contributed by atoms with Crippen LogP contribution in [0.25, 0.3) is 11.0 Å². The summed E-state index contributed by atoms with van der Waals surface area (Å²) in [5.41, 5.74) is 4.37. The number of imidazole rings is 1. The van der Waals surface area contributed by atoms with Crippen LogP contribution >= 0.6 is 0 Å². The molecule has 1 unspecified atom stereocenters. The van der Waals surface area contributed by atoms with Crippen LogP contribution in [0.2, 0.25) is 0 Å². The van der Waals surface area contributed by atoms with Gasteiger partial charge in [0, 0.05) is 25.1 Å². The summed E-state index contributed by atoms with van der Waals surface area (Å²) in [6, 6.07) is 20.9. The number of amides is 1. The Hall–Kier alpha value is -3.85. The van der Waals surface area contributed by atoms with Crippen molar-refractivity contribution in [1.82, 2.24) is 19.8 Å². The molecule has 4 aromatic rings. The van der Waals surface area contributed by atoms with Crippen molar-refractivity contribution in [2.24, 2.45) is 5.92 Å². The highest BCUT2D eigenvalue weighted by atomic mass is 19.4. The molecule has 0 bridgehead atoms. The Kier molecular flexibility index (Phi) is 9.70. The predicted molar refractivity (Wildman–Crippen MR) is 162 cm³/mol. The van der Waals surface area contributed by atoms with Crippen LogP contribution in [0.3, 0.4) is 0 Å². The number of aromatic nitrogens is 2. The van der Waals surface area contributed by atoms with E-state index < -0.39 is 12.4 Å². The molecule has 1 aliphatic rings. The van der Waals surface area contributed by atoms with E-state index in [-0.39, 0.29) is 11.7 Å².